The number of halogens is 3. The highest BCUT2D eigenvalue weighted by molar-refractivity contribution is 6.15. The predicted octanol–water partition coefficient (Wildman–Crippen LogP) is 4.55. The molecular weight excluding hydrogens is 387 g/mol. The Morgan fingerprint density at radius 3 is 2.59 bits per heavy atom. The van der Waals surface area contributed by atoms with Crippen molar-refractivity contribution < 1.29 is 22.7 Å². The van der Waals surface area contributed by atoms with Gasteiger partial charge in [0.05, 0.1) is 10.9 Å². The fraction of sp³-hybridized carbons (Fsp3) is 0.100. The van der Waals surface area contributed by atoms with E-state index < -0.39 is 17.2 Å². The number of hydrogen-bond acceptors (Lipinski definition) is 4. The van der Waals surface area contributed by atoms with Gasteiger partial charge in [0.1, 0.15) is 16.8 Å². The molecule has 0 fully saturated rings. The van der Waals surface area contributed by atoms with Crippen molar-refractivity contribution in [2.75, 3.05) is 0 Å². The molecule has 0 aliphatic rings. The van der Waals surface area contributed by atoms with Gasteiger partial charge >= 0.3 is 6.18 Å². The summed E-state index contributed by atoms with van der Waals surface area (Å²) in [6.45, 7) is 0. The first kappa shape index (κ1) is 17.4. The lowest BCUT2D eigenvalue weighted by Crippen LogP contribution is -2.04. The van der Waals surface area contributed by atoms with Crippen LogP contribution < -0.4 is 5.43 Å². The third-order valence-corrected chi connectivity index (χ3v) is 4.89. The largest absolute Gasteiger partial charge is 0.507 e. The van der Waals surface area contributed by atoms with Crippen LogP contribution in [0.3, 0.4) is 0 Å². The fourth-order valence-electron chi connectivity index (χ4n) is 3.57. The summed E-state index contributed by atoms with van der Waals surface area (Å²) in [7, 11) is 1.73. The van der Waals surface area contributed by atoms with Crippen molar-refractivity contribution in [2.24, 2.45) is 7.05 Å². The van der Waals surface area contributed by atoms with Gasteiger partial charge in [0.2, 0.25) is 0 Å². The number of aromatic hydroxyl groups is 1. The lowest BCUT2D eigenvalue weighted by Gasteiger charge is -2.09. The number of phenolic OH excluding ortho intramolecular Hbond substituents is 1. The molecule has 9 heteroatoms. The Morgan fingerprint density at radius 2 is 1.90 bits per heavy atom. The van der Waals surface area contributed by atoms with Crippen LogP contribution in [-0.4, -0.2) is 19.9 Å². The number of alkyl halides is 3. The lowest BCUT2D eigenvalue weighted by atomic mass is 10.0. The molecule has 2 N–H and O–H groups in total. The Morgan fingerprint density at radius 1 is 1.17 bits per heavy atom. The number of aryl methyl sites for hydroxylation is 1. The normalized spacial score (nSPS) is 12.4. The SMILES string of the molecule is Cn1[nH]cc2c(-c3ccc(C(F)(F)F)cc3)c3oc4cc(=O)cc(O)c4c3nc21. The second-order valence-corrected chi connectivity index (χ2v) is 6.73. The monoisotopic (exact) mass is 399 g/mol. The summed E-state index contributed by atoms with van der Waals surface area (Å²) in [5.41, 5.74) is 1.06. The maximum absolute atomic E-state index is 13.0. The van der Waals surface area contributed by atoms with Gasteiger partial charge in [-0.3, -0.25) is 9.48 Å². The van der Waals surface area contributed by atoms with Crippen molar-refractivity contribution >= 4 is 33.1 Å². The zero-order valence-corrected chi connectivity index (χ0v) is 14.8. The molecule has 6 nitrogen and oxygen atoms in total. The number of hydrogen-bond donors (Lipinski definition) is 2. The van der Waals surface area contributed by atoms with Gasteiger partial charge in [0.25, 0.3) is 0 Å². The van der Waals surface area contributed by atoms with Crippen LogP contribution in [0.2, 0.25) is 0 Å². The summed E-state index contributed by atoms with van der Waals surface area (Å²) >= 11 is 0. The highest BCUT2D eigenvalue weighted by Gasteiger charge is 2.30. The summed E-state index contributed by atoms with van der Waals surface area (Å²) in [5, 5.41) is 14.2. The van der Waals surface area contributed by atoms with Crippen molar-refractivity contribution in [3.8, 4) is 16.9 Å². The van der Waals surface area contributed by atoms with Crippen LogP contribution in [0.1, 0.15) is 5.56 Å². The predicted molar refractivity (Wildman–Crippen MR) is 101 cm³/mol. The average Bonchev–Trinajstić information content (AvgIpc) is 3.19. The van der Waals surface area contributed by atoms with Gasteiger partial charge in [0.15, 0.2) is 16.7 Å². The van der Waals surface area contributed by atoms with E-state index in [-0.39, 0.29) is 22.3 Å². The van der Waals surface area contributed by atoms with E-state index in [9.17, 15) is 23.1 Å². The molecule has 0 spiro atoms. The Kier molecular flexibility index (Phi) is 3.37. The Balaban J connectivity index is 1.92. The number of phenols is 1. The molecule has 0 bridgehead atoms. The number of aromatic nitrogens is 3. The minimum atomic E-state index is -4.45. The number of fused-ring (bicyclic) bond motifs is 4. The molecule has 29 heavy (non-hydrogen) atoms. The van der Waals surface area contributed by atoms with Gasteiger partial charge in [0, 0.05) is 36.3 Å². The molecule has 0 aliphatic carbocycles. The topological polar surface area (TPSA) is 84.0 Å². The Bertz CT molecular complexity index is 1470. The molecule has 2 aromatic carbocycles. The van der Waals surface area contributed by atoms with Crippen LogP contribution in [0.4, 0.5) is 13.2 Å². The number of furan rings is 1. The number of nitrogens with one attached hydrogen (secondary N) is 1. The standard InChI is InChI=1S/C20H12F3N3O3/c1-26-19-12(8-24-26)15(9-2-4-10(5-3-9)20(21,22)23)18-17(25-19)16-13(28)6-11(27)7-14(16)29-18/h2-8,24,28H,1H3. The minimum Gasteiger partial charge on any atom is -0.507 e. The molecule has 146 valence electrons. The number of rotatable bonds is 1. The van der Waals surface area contributed by atoms with E-state index in [4.69, 9.17) is 4.42 Å². The molecule has 0 unspecified atom stereocenters. The van der Waals surface area contributed by atoms with E-state index in [1.807, 2.05) is 0 Å². The van der Waals surface area contributed by atoms with Crippen molar-refractivity contribution in [3.05, 3.63) is 58.4 Å². The fourth-order valence-corrected chi connectivity index (χ4v) is 3.57. The molecular formula is C20H12F3N3O3. The lowest BCUT2D eigenvalue weighted by molar-refractivity contribution is -0.137. The van der Waals surface area contributed by atoms with Gasteiger partial charge in [-0.05, 0) is 17.7 Å². The molecule has 0 atom stereocenters. The number of aromatic amines is 1. The summed E-state index contributed by atoms with van der Waals surface area (Å²) in [5.74, 6) is -0.269. The van der Waals surface area contributed by atoms with Crippen molar-refractivity contribution in [2.45, 2.75) is 6.18 Å². The summed E-state index contributed by atoms with van der Waals surface area (Å²) in [6, 6.07) is 7.01. The van der Waals surface area contributed by atoms with Crippen LogP contribution in [0.25, 0.3) is 44.2 Å². The molecule has 3 aromatic heterocycles. The molecule has 0 aliphatic heterocycles. The van der Waals surface area contributed by atoms with E-state index in [1.54, 1.807) is 17.9 Å². The van der Waals surface area contributed by atoms with E-state index in [2.05, 4.69) is 10.1 Å². The summed E-state index contributed by atoms with van der Waals surface area (Å²) < 4.78 is 46.4. The van der Waals surface area contributed by atoms with Crippen molar-refractivity contribution in [1.29, 1.82) is 0 Å². The Labute approximate surface area is 159 Å². The molecule has 0 radical (unpaired) electrons. The second-order valence-electron chi connectivity index (χ2n) is 6.73. The molecule has 0 saturated heterocycles. The average molecular weight is 399 g/mol. The molecule has 5 rings (SSSR count). The van der Waals surface area contributed by atoms with Crippen molar-refractivity contribution in [1.82, 2.24) is 14.8 Å². The molecule has 5 aromatic rings. The maximum Gasteiger partial charge on any atom is 0.416 e. The van der Waals surface area contributed by atoms with Crippen LogP contribution >= 0.6 is 0 Å². The summed E-state index contributed by atoms with van der Waals surface area (Å²) in [6.07, 6.45) is -2.78. The second kappa shape index (κ2) is 5.63. The quantitative estimate of drug-likeness (QED) is 0.433. The molecule has 3 heterocycles. The van der Waals surface area contributed by atoms with Gasteiger partial charge in [-0.15, -0.1) is 0 Å². The zero-order chi connectivity index (χ0) is 20.5. The Hall–Kier alpha value is -3.75. The highest BCUT2D eigenvalue weighted by Crippen LogP contribution is 2.41. The van der Waals surface area contributed by atoms with Gasteiger partial charge < -0.3 is 14.6 Å². The number of pyridine rings is 1. The van der Waals surface area contributed by atoms with E-state index in [1.165, 1.54) is 18.2 Å². The molecule has 0 amide bonds. The molecule has 0 saturated carbocycles. The number of benzene rings is 2. The van der Waals surface area contributed by atoms with Crippen LogP contribution in [0.5, 0.6) is 5.75 Å². The van der Waals surface area contributed by atoms with Gasteiger partial charge in [-0.25, -0.2) is 4.98 Å². The van der Waals surface area contributed by atoms with Gasteiger partial charge in [-0.2, -0.15) is 13.2 Å². The number of H-pyrrole nitrogens is 1. The highest BCUT2D eigenvalue weighted by atomic mass is 19.4. The van der Waals surface area contributed by atoms with E-state index >= 15 is 0 Å². The summed E-state index contributed by atoms with van der Waals surface area (Å²) in [4.78, 5) is 16.3. The van der Waals surface area contributed by atoms with Crippen LogP contribution in [0.15, 0.2) is 51.8 Å². The maximum atomic E-state index is 13.0. The smallest absolute Gasteiger partial charge is 0.416 e. The first-order chi connectivity index (χ1) is 13.7. The van der Waals surface area contributed by atoms with Crippen LogP contribution in [0, 0.1) is 0 Å². The zero-order valence-electron chi connectivity index (χ0n) is 14.8. The van der Waals surface area contributed by atoms with Crippen LogP contribution in [-0.2, 0) is 13.2 Å². The first-order valence-electron chi connectivity index (χ1n) is 8.55. The minimum absolute atomic E-state index is 0.157. The third kappa shape index (κ3) is 2.50. The third-order valence-electron chi connectivity index (χ3n) is 4.89. The van der Waals surface area contributed by atoms with Crippen molar-refractivity contribution in [3.63, 3.8) is 0 Å². The first-order valence-corrected chi connectivity index (χ1v) is 8.55. The number of nitrogens with zero attached hydrogens (tertiary/aromatic N) is 2. The van der Waals surface area contributed by atoms with E-state index in [0.717, 1.165) is 18.2 Å². The van der Waals surface area contributed by atoms with Gasteiger partial charge in [-0.1, -0.05) is 12.1 Å². The van der Waals surface area contributed by atoms with E-state index in [0.29, 0.717) is 27.7 Å².